The summed E-state index contributed by atoms with van der Waals surface area (Å²) >= 11 is 1.40. The lowest BCUT2D eigenvalue weighted by Gasteiger charge is -2.05. The van der Waals surface area contributed by atoms with Gasteiger partial charge in [0.15, 0.2) is 0 Å². The van der Waals surface area contributed by atoms with E-state index in [9.17, 15) is 4.79 Å². The van der Waals surface area contributed by atoms with Gasteiger partial charge in [0.05, 0.1) is 17.6 Å². The van der Waals surface area contributed by atoms with Crippen LogP contribution in [0, 0.1) is 0 Å². The summed E-state index contributed by atoms with van der Waals surface area (Å²) in [6.07, 6.45) is 3.20. The number of aromatic nitrogens is 2. The van der Waals surface area contributed by atoms with Gasteiger partial charge in [-0.25, -0.2) is 14.8 Å². The Morgan fingerprint density at radius 3 is 3.17 bits per heavy atom. The van der Waals surface area contributed by atoms with Gasteiger partial charge in [0.1, 0.15) is 17.0 Å². The Morgan fingerprint density at radius 2 is 2.44 bits per heavy atom. The monoisotopic (exact) mass is 263 g/mol. The van der Waals surface area contributed by atoms with Crippen LogP contribution in [-0.2, 0) is 4.74 Å². The Morgan fingerprint density at radius 1 is 1.61 bits per heavy atom. The topological polar surface area (TPSA) is 64.1 Å². The van der Waals surface area contributed by atoms with Crippen LogP contribution < -0.4 is 5.32 Å². The van der Waals surface area contributed by atoms with Crippen LogP contribution in [-0.4, -0.2) is 29.1 Å². The fourth-order valence-electron chi connectivity index (χ4n) is 1.54. The molecule has 0 aliphatic carbocycles. The molecule has 5 nitrogen and oxygen atoms in total. The first kappa shape index (κ1) is 12.5. The van der Waals surface area contributed by atoms with Gasteiger partial charge in [-0.3, -0.25) is 0 Å². The van der Waals surface area contributed by atoms with Gasteiger partial charge in [0.2, 0.25) is 0 Å². The van der Waals surface area contributed by atoms with E-state index in [-0.39, 0.29) is 5.97 Å². The van der Waals surface area contributed by atoms with E-state index in [1.807, 2.05) is 0 Å². The Kier molecular flexibility index (Phi) is 3.88. The maximum Gasteiger partial charge on any atom is 0.339 e. The second-order valence-corrected chi connectivity index (χ2v) is 4.30. The third-order valence-electron chi connectivity index (χ3n) is 2.28. The SMILES string of the molecule is C=CCNc1ncnc2scc(C(=O)OCC)c12. The summed E-state index contributed by atoms with van der Waals surface area (Å²) in [5, 5.41) is 5.55. The van der Waals surface area contributed by atoms with E-state index in [4.69, 9.17) is 4.74 Å². The molecule has 0 aliphatic heterocycles. The number of fused-ring (bicyclic) bond motifs is 1. The zero-order chi connectivity index (χ0) is 13.0. The summed E-state index contributed by atoms with van der Waals surface area (Å²) in [6, 6.07) is 0. The van der Waals surface area contributed by atoms with Crippen molar-refractivity contribution >= 4 is 33.3 Å². The first-order valence-electron chi connectivity index (χ1n) is 5.52. The van der Waals surface area contributed by atoms with Crippen LogP contribution in [0.4, 0.5) is 5.82 Å². The normalized spacial score (nSPS) is 10.3. The molecule has 0 saturated heterocycles. The molecule has 1 N–H and O–H groups in total. The Hall–Kier alpha value is -1.95. The second kappa shape index (κ2) is 5.59. The molecule has 0 amide bonds. The summed E-state index contributed by atoms with van der Waals surface area (Å²) in [5.41, 5.74) is 0.504. The number of hydrogen-bond donors (Lipinski definition) is 1. The fraction of sp³-hybridized carbons (Fsp3) is 0.250. The van der Waals surface area contributed by atoms with E-state index in [2.05, 4.69) is 21.9 Å². The second-order valence-electron chi connectivity index (χ2n) is 3.44. The van der Waals surface area contributed by atoms with Crippen LogP contribution >= 0.6 is 11.3 Å². The van der Waals surface area contributed by atoms with Crippen molar-refractivity contribution in [3.8, 4) is 0 Å². The molecular formula is C12H13N3O2S. The van der Waals surface area contributed by atoms with Crippen LogP contribution in [0.2, 0.25) is 0 Å². The average Bonchev–Trinajstić information content (AvgIpc) is 2.81. The molecule has 18 heavy (non-hydrogen) atoms. The average molecular weight is 263 g/mol. The number of rotatable bonds is 5. The molecule has 2 aromatic rings. The molecule has 0 aliphatic rings. The number of anilines is 1. The molecular weight excluding hydrogens is 250 g/mol. The van der Waals surface area contributed by atoms with E-state index >= 15 is 0 Å². The first-order chi connectivity index (χ1) is 8.77. The van der Waals surface area contributed by atoms with Crippen LogP contribution in [0.15, 0.2) is 24.4 Å². The summed E-state index contributed by atoms with van der Waals surface area (Å²) in [6.45, 7) is 6.33. The molecule has 0 fully saturated rings. The Labute approximate surface area is 109 Å². The number of carbonyl (C=O) groups excluding carboxylic acids is 1. The highest BCUT2D eigenvalue weighted by molar-refractivity contribution is 7.17. The standard InChI is InChI=1S/C12H13N3O2S/c1-3-5-13-10-9-8(12(16)17-4-2)6-18-11(9)15-7-14-10/h3,6-7H,1,4-5H2,2H3,(H,13,14,15). The lowest BCUT2D eigenvalue weighted by atomic mass is 10.2. The number of carbonyl (C=O) groups is 1. The van der Waals surface area contributed by atoms with Gasteiger partial charge in [0, 0.05) is 11.9 Å². The number of ether oxygens (including phenoxy) is 1. The van der Waals surface area contributed by atoms with E-state index in [0.717, 1.165) is 4.83 Å². The summed E-state index contributed by atoms with van der Waals surface area (Å²) in [4.78, 5) is 20.9. The molecule has 0 bridgehead atoms. The van der Waals surface area contributed by atoms with Gasteiger partial charge in [-0.15, -0.1) is 17.9 Å². The minimum atomic E-state index is -0.347. The quantitative estimate of drug-likeness (QED) is 0.663. The smallest absolute Gasteiger partial charge is 0.339 e. The molecule has 0 atom stereocenters. The zero-order valence-electron chi connectivity index (χ0n) is 9.97. The molecule has 0 unspecified atom stereocenters. The van der Waals surface area contributed by atoms with Crippen molar-refractivity contribution in [1.82, 2.24) is 9.97 Å². The van der Waals surface area contributed by atoms with Gasteiger partial charge >= 0.3 is 5.97 Å². The number of nitrogens with one attached hydrogen (secondary N) is 1. The zero-order valence-corrected chi connectivity index (χ0v) is 10.8. The molecule has 0 spiro atoms. The van der Waals surface area contributed by atoms with E-state index in [1.54, 1.807) is 18.4 Å². The molecule has 6 heteroatoms. The molecule has 0 radical (unpaired) electrons. The van der Waals surface area contributed by atoms with Crippen molar-refractivity contribution in [3.63, 3.8) is 0 Å². The minimum Gasteiger partial charge on any atom is -0.462 e. The third kappa shape index (κ3) is 2.33. The highest BCUT2D eigenvalue weighted by atomic mass is 32.1. The van der Waals surface area contributed by atoms with Gasteiger partial charge in [-0.2, -0.15) is 0 Å². The van der Waals surface area contributed by atoms with E-state index in [1.165, 1.54) is 17.7 Å². The number of nitrogens with zero attached hydrogens (tertiary/aromatic N) is 2. The number of thiophene rings is 1. The predicted molar refractivity (Wildman–Crippen MR) is 72.1 cm³/mol. The molecule has 0 aromatic carbocycles. The summed E-state index contributed by atoms with van der Waals surface area (Å²) in [5.74, 6) is 0.282. The van der Waals surface area contributed by atoms with Crippen LogP contribution in [0.25, 0.3) is 10.2 Å². The van der Waals surface area contributed by atoms with Crippen molar-refractivity contribution in [3.05, 3.63) is 29.9 Å². The number of esters is 1. The Balaban J connectivity index is 2.47. The van der Waals surface area contributed by atoms with Crippen molar-refractivity contribution in [2.45, 2.75) is 6.92 Å². The summed E-state index contributed by atoms with van der Waals surface area (Å²) < 4.78 is 5.02. The van der Waals surface area contributed by atoms with Crippen molar-refractivity contribution < 1.29 is 9.53 Å². The predicted octanol–water partition coefficient (Wildman–Crippen LogP) is 2.47. The maximum atomic E-state index is 11.8. The van der Waals surface area contributed by atoms with Crippen LogP contribution in [0.3, 0.4) is 0 Å². The highest BCUT2D eigenvalue weighted by Crippen LogP contribution is 2.29. The molecule has 2 rings (SSSR count). The molecule has 94 valence electrons. The van der Waals surface area contributed by atoms with E-state index in [0.29, 0.717) is 29.9 Å². The van der Waals surface area contributed by atoms with Crippen molar-refractivity contribution in [1.29, 1.82) is 0 Å². The maximum absolute atomic E-state index is 11.8. The van der Waals surface area contributed by atoms with Gasteiger partial charge in [0.25, 0.3) is 0 Å². The van der Waals surface area contributed by atoms with Crippen LogP contribution in [0.5, 0.6) is 0 Å². The number of hydrogen-bond acceptors (Lipinski definition) is 6. The van der Waals surface area contributed by atoms with E-state index < -0.39 is 0 Å². The molecule has 0 saturated carbocycles. The lowest BCUT2D eigenvalue weighted by molar-refractivity contribution is 0.0529. The van der Waals surface area contributed by atoms with Crippen molar-refractivity contribution in [2.24, 2.45) is 0 Å². The molecule has 2 aromatic heterocycles. The third-order valence-corrected chi connectivity index (χ3v) is 3.17. The van der Waals surface area contributed by atoms with Crippen molar-refractivity contribution in [2.75, 3.05) is 18.5 Å². The van der Waals surface area contributed by atoms with Gasteiger partial charge in [-0.05, 0) is 6.92 Å². The first-order valence-corrected chi connectivity index (χ1v) is 6.40. The fourth-order valence-corrected chi connectivity index (χ4v) is 2.41. The summed E-state index contributed by atoms with van der Waals surface area (Å²) in [7, 11) is 0. The van der Waals surface area contributed by atoms with Gasteiger partial charge < -0.3 is 10.1 Å². The van der Waals surface area contributed by atoms with Gasteiger partial charge in [-0.1, -0.05) is 6.08 Å². The minimum absolute atomic E-state index is 0.347. The lowest BCUT2D eigenvalue weighted by Crippen LogP contribution is -2.06. The Bertz CT molecular complexity index is 580. The molecule has 2 heterocycles. The highest BCUT2D eigenvalue weighted by Gasteiger charge is 2.17. The van der Waals surface area contributed by atoms with Crippen LogP contribution in [0.1, 0.15) is 17.3 Å². The largest absolute Gasteiger partial charge is 0.462 e.